The molecular formula is C12H16Cl3FN2O3. The first-order chi connectivity index (χ1) is 9.52. The number of hydrogen-bond donors (Lipinski definition) is 1. The molecule has 0 fully saturated rings. The number of carbonyl (C=O) groups excluding carboxylic acids is 1. The Kier molecular flexibility index (Phi) is 10.6. The monoisotopic (exact) mass is 360 g/mol. The number of esters is 1. The van der Waals surface area contributed by atoms with Crippen molar-refractivity contribution in [3.8, 4) is 0 Å². The molecule has 0 aliphatic carbocycles. The van der Waals surface area contributed by atoms with E-state index in [1.807, 2.05) is 0 Å². The summed E-state index contributed by atoms with van der Waals surface area (Å²) in [6.45, 7) is -0.286. The summed E-state index contributed by atoms with van der Waals surface area (Å²) in [4.78, 5) is 15.3. The van der Waals surface area contributed by atoms with Gasteiger partial charge >= 0.3 is 5.97 Å². The molecule has 0 saturated carbocycles. The van der Waals surface area contributed by atoms with Crippen LogP contribution in [0.2, 0.25) is 10.3 Å². The Hall–Kier alpha value is -0.660. The predicted octanol–water partition coefficient (Wildman–Crippen LogP) is 2.56. The fraction of sp³-hybridized carbons (Fsp3) is 0.500. The highest BCUT2D eigenvalue weighted by Gasteiger charge is 2.15. The number of rotatable bonds is 8. The van der Waals surface area contributed by atoms with Crippen LogP contribution in [0.25, 0.3) is 0 Å². The van der Waals surface area contributed by atoms with Crippen LogP contribution in [0.3, 0.4) is 0 Å². The molecule has 0 amide bonds. The van der Waals surface area contributed by atoms with E-state index in [0.717, 1.165) is 0 Å². The van der Waals surface area contributed by atoms with Crippen LogP contribution in [0.1, 0.15) is 12.0 Å². The molecule has 1 aromatic heterocycles. The lowest BCUT2D eigenvalue weighted by Crippen LogP contribution is -2.36. The average Bonchev–Trinajstić information content (AvgIpc) is 2.39. The molecule has 1 heterocycles. The van der Waals surface area contributed by atoms with Gasteiger partial charge in [0.05, 0.1) is 13.3 Å². The van der Waals surface area contributed by atoms with Gasteiger partial charge in [-0.1, -0.05) is 23.2 Å². The van der Waals surface area contributed by atoms with Crippen molar-refractivity contribution in [3.05, 3.63) is 28.0 Å². The quantitative estimate of drug-likeness (QED) is 0.437. The minimum absolute atomic E-state index is 0. The van der Waals surface area contributed by atoms with Crippen molar-refractivity contribution < 1.29 is 18.7 Å². The van der Waals surface area contributed by atoms with Gasteiger partial charge in [0.15, 0.2) is 0 Å². The first-order valence-corrected chi connectivity index (χ1v) is 6.66. The topological polar surface area (TPSA) is 74.4 Å². The Morgan fingerprint density at radius 1 is 1.38 bits per heavy atom. The van der Waals surface area contributed by atoms with E-state index in [9.17, 15) is 9.18 Å². The minimum atomic E-state index is -0.914. The number of alkyl halides is 1. The van der Waals surface area contributed by atoms with Gasteiger partial charge in [0, 0.05) is 6.61 Å². The van der Waals surface area contributed by atoms with Gasteiger partial charge < -0.3 is 15.2 Å². The van der Waals surface area contributed by atoms with Gasteiger partial charge in [-0.3, -0.25) is 9.18 Å². The molecule has 5 nitrogen and oxygen atoms in total. The SMILES string of the molecule is Cl.N[C@@H](COCCCF)C(=O)OCc1cc(Cl)nc(Cl)c1. The lowest BCUT2D eigenvalue weighted by Gasteiger charge is -2.12. The Morgan fingerprint density at radius 3 is 2.57 bits per heavy atom. The van der Waals surface area contributed by atoms with Crippen LogP contribution < -0.4 is 5.73 Å². The van der Waals surface area contributed by atoms with Gasteiger partial charge in [-0.05, 0) is 24.1 Å². The molecule has 0 saturated heterocycles. The molecule has 9 heteroatoms. The Morgan fingerprint density at radius 2 is 2.00 bits per heavy atom. The largest absolute Gasteiger partial charge is 0.460 e. The van der Waals surface area contributed by atoms with Crippen molar-refractivity contribution in [1.82, 2.24) is 4.98 Å². The van der Waals surface area contributed by atoms with Crippen LogP contribution in [0, 0.1) is 0 Å². The van der Waals surface area contributed by atoms with E-state index in [0.29, 0.717) is 5.56 Å². The van der Waals surface area contributed by atoms with Crippen LogP contribution in [0.5, 0.6) is 0 Å². The highest BCUT2D eigenvalue weighted by atomic mass is 35.5. The van der Waals surface area contributed by atoms with Crippen LogP contribution in [-0.2, 0) is 20.9 Å². The predicted molar refractivity (Wildman–Crippen MR) is 80.7 cm³/mol. The van der Waals surface area contributed by atoms with E-state index < -0.39 is 18.7 Å². The van der Waals surface area contributed by atoms with E-state index in [1.54, 1.807) is 0 Å². The molecule has 0 spiro atoms. The van der Waals surface area contributed by atoms with Crippen molar-refractivity contribution >= 4 is 41.6 Å². The Balaban J connectivity index is 0.00000400. The third kappa shape index (κ3) is 8.38. The second kappa shape index (κ2) is 11.0. The van der Waals surface area contributed by atoms with Gasteiger partial charge in [0.1, 0.15) is 23.0 Å². The molecule has 1 rings (SSSR count). The van der Waals surface area contributed by atoms with Crippen molar-refractivity contribution in [3.63, 3.8) is 0 Å². The van der Waals surface area contributed by atoms with E-state index in [-0.39, 0.29) is 49.0 Å². The molecule has 120 valence electrons. The highest BCUT2D eigenvalue weighted by Crippen LogP contribution is 2.15. The van der Waals surface area contributed by atoms with Crippen LogP contribution in [-0.4, -0.2) is 36.9 Å². The number of halogens is 4. The zero-order valence-corrected chi connectivity index (χ0v) is 13.4. The minimum Gasteiger partial charge on any atom is -0.460 e. The summed E-state index contributed by atoms with van der Waals surface area (Å²) >= 11 is 11.4. The molecule has 21 heavy (non-hydrogen) atoms. The molecule has 0 aliphatic rings. The summed E-state index contributed by atoms with van der Waals surface area (Å²) < 4.78 is 21.8. The van der Waals surface area contributed by atoms with Crippen molar-refractivity contribution in [2.45, 2.75) is 19.1 Å². The summed E-state index contributed by atoms with van der Waals surface area (Å²) in [5.74, 6) is -0.616. The van der Waals surface area contributed by atoms with Crippen molar-refractivity contribution in [1.29, 1.82) is 0 Å². The van der Waals surface area contributed by atoms with Gasteiger partial charge in [0.2, 0.25) is 0 Å². The lowest BCUT2D eigenvalue weighted by atomic mass is 10.3. The van der Waals surface area contributed by atoms with E-state index in [1.165, 1.54) is 12.1 Å². The maximum atomic E-state index is 11.8. The molecule has 0 aromatic carbocycles. The summed E-state index contributed by atoms with van der Waals surface area (Å²) in [6, 6.07) is 2.15. The summed E-state index contributed by atoms with van der Waals surface area (Å²) in [7, 11) is 0. The van der Waals surface area contributed by atoms with Crippen molar-refractivity contribution in [2.75, 3.05) is 19.9 Å². The van der Waals surface area contributed by atoms with Gasteiger partial charge in [-0.15, -0.1) is 12.4 Å². The number of carbonyl (C=O) groups is 1. The van der Waals surface area contributed by atoms with Gasteiger partial charge in [0.25, 0.3) is 0 Å². The number of nitrogens with zero attached hydrogens (tertiary/aromatic N) is 1. The lowest BCUT2D eigenvalue weighted by molar-refractivity contribution is -0.148. The molecule has 0 bridgehead atoms. The first kappa shape index (κ1) is 20.3. The second-order valence-corrected chi connectivity index (χ2v) is 4.73. The molecule has 0 aliphatic heterocycles. The third-order valence-electron chi connectivity index (χ3n) is 2.23. The molecule has 1 atom stereocenters. The summed E-state index contributed by atoms with van der Waals surface area (Å²) in [6.07, 6.45) is 0.274. The third-order valence-corrected chi connectivity index (χ3v) is 2.61. The molecule has 0 unspecified atom stereocenters. The Bertz CT molecular complexity index is 432. The smallest absolute Gasteiger partial charge is 0.325 e. The highest BCUT2D eigenvalue weighted by molar-refractivity contribution is 6.32. The number of aromatic nitrogens is 1. The first-order valence-electron chi connectivity index (χ1n) is 5.91. The van der Waals surface area contributed by atoms with E-state index in [4.69, 9.17) is 38.4 Å². The zero-order chi connectivity index (χ0) is 15.0. The number of hydrogen-bond acceptors (Lipinski definition) is 5. The maximum absolute atomic E-state index is 11.8. The van der Waals surface area contributed by atoms with Gasteiger partial charge in [-0.2, -0.15) is 0 Å². The fourth-order valence-electron chi connectivity index (χ4n) is 1.29. The van der Waals surface area contributed by atoms with Gasteiger partial charge in [-0.25, -0.2) is 4.98 Å². The number of pyridine rings is 1. The number of nitrogens with two attached hydrogens (primary N) is 1. The standard InChI is InChI=1S/C12H15Cl2FN2O3.ClH/c13-10-4-8(5-11(14)17-10)6-20-12(18)9(16)7-19-3-1-2-15;/h4-5,9H,1-3,6-7,16H2;1H/t9-;/m0./s1. The Labute approximate surface area is 138 Å². The maximum Gasteiger partial charge on any atom is 0.325 e. The molecule has 0 radical (unpaired) electrons. The van der Waals surface area contributed by atoms with E-state index >= 15 is 0 Å². The number of ether oxygens (including phenoxy) is 2. The van der Waals surface area contributed by atoms with Crippen LogP contribution >= 0.6 is 35.6 Å². The van der Waals surface area contributed by atoms with Crippen molar-refractivity contribution in [2.24, 2.45) is 5.73 Å². The van der Waals surface area contributed by atoms with Crippen LogP contribution in [0.4, 0.5) is 4.39 Å². The molecular weight excluding hydrogens is 345 g/mol. The second-order valence-electron chi connectivity index (χ2n) is 3.95. The van der Waals surface area contributed by atoms with E-state index in [2.05, 4.69) is 4.98 Å². The molecule has 2 N–H and O–H groups in total. The normalized spacial score (nSPS) is 11.6. The fourth-order valence-corrected chi connectivity index (χ4v) is 1.80. The average molecular weight is 362 g/mol. The zero-order valence-electron chi connectivity index (χ0n) is 11.1. The molecule has 1 aromatic rings. The summed E-state index contributed by atoms with van der Waals surface area (Å²) in [5, 5.41) is 0.421. The summed E-state index contributed by atoms with van der Waals surface area (Å²) in [5.41, 5.74) is 6.17. The van der Waals surface area contributed by atoms with Crippen LogP contribution in [0.15, 0.2) is 12.1 Å².